The minimum absolute atomic E-state index is 0.0938. The van der Waals surface area contributed by atoms with Gasteiger partial charge in [-0.2, -0.15) is 0 Å². The number of rotatable bonds is 3. The van der Waals surface area contributed by atoms with Gasteiger partial charge in [-0.3, -0.25) is 10.1 Å². The second kappa shape index (κ2) is 6.80. The Balaban J connectivity index is 1.46. The van der Waals surface area contributed by atoms with Crippen LogP contribution in [0.1, 0.15) is 16.1 Å². The molecule has 0 radical (unpaired) electrons. The topological polar surface area (TPSA) is 87.3 Å². The van der Waals surface area contributed by atoms with Gasteiger partial charge in [-0.25, -0.2) is 9.78 Å². The second-order valence-corrected chi connectivity index (χ2v) is 7.19. The quantitative estimate of drug-likeness (QED) is 0.742. The van der Waals surface area contributed by atoms with Gasteiger partial charge in [0.05, 0.1) is 25.8 Å². The molecule has 7 nitrogen and oxygen atoms in total. The summed E-state index contributed by atoms with van der Waals surface area (Å²) in [4.78, 5) is 34.6. The number of amides is 2. The van der Waals surface area contributed by atoms with Crippen LogP contribution in [0.2, 0.25) is 0 Å². The molecule has 3 aromatic rings. The molecule has 0 spiro atoms. The first kappa shape index (κ1) is 16.6. The molecule has 2 aromatic heterocycles. The van der Waals surface area contributed by atoms with Crippen molar-refractivity contribution in [2.45, 2.75) is 19.4 Å². The first-order valence-electron chi connectivity index (χ1n) is 8.30. The fourth-order valence-electron chi connectivity index (χ4n) is 3.15. The van der Waals surface area contributed by atoms with Crippen LogP contribution in [0.25, 0.3) is 10.9 Å². The van der Waals surface area contributed by atoms with Crippen LogP contribution in [-0.4, -0.2) is 40.5 Å². The number of fused-ring (bicyclic) bond motifs is 2. The van der Waals surface area contributed by atoms with Gasteiger partial charge in [0.15, 0.2) is 5.13 Å². The largest absolute Gasteiger partial charge is 0.453 e. The van der Waals surface area contributed by atoms with Crippen LogP contribution in [0.3, 0.4) is 0 Å². The standard InChI is InChI=1S/C18H18N4O3S/c1-25-18(24)21-17-20-14-6-7-22(10-15(14)26-17)16(23)8-11-9-19-13-5-3-2-4-12(11)13/h2-5,9,19H,6-8,10H2,1H3,(H,20,21,24). The van der Waals surface area contributed by atoms with E-state index in [9.17, 15) is 9.59 Å². The molecule has 2 N–H and O–H groups in total. The van der Waals surface area contributed by atoms with Crippen molar-refractivity contribution in [1.82, 2.24) is 14.9 Å². The van der Waals surface area contributed by atoms with Crippen LogP contribution in [0.15, 0.2) is 30.5 Å². The van der Waals surface area contributed by atoms with Crippen molar-refractivity contribution in [2.24, 2.45) is 0 Å². The Morgan fingerprint density at radius 2 is 2.23 bits per heavy atom. The third-order valence-corrected chi connectivity index (χ3v) is 5.49. The molecule has 1 aliphatic rings. The number of ether oxygens (including phenoxy) is 1. The van der Waals surface area contributed by atoms with Crippen molar-refractivity contribution < 1.29 is 14.3 Å². The number of hydrogen-bond donors (Lipinski definition) is 2. The van der Waals surface area contributed by atoms with E-state index in [-0.39, 0.29) is 5.91 Å². The van der Waals surface area contributed by atoms with E-state index < -0.39 is 6.09 Å². The van der Waals surface area contributed by atoms with E-state index in [0.717, 1.165) is 27.0 Å². The lowest BCUT2D eigenvalue weighted by molar-refractivity contribution is -0.131. The number of aromatic nitrogens is 2. The van der Waals surface area contributed by atoms with Gasteiger partial charge in [-0.1, -0.05) is 29.5 Å². The summed E-state index contributed by atoms with van der Waals surface area (Å²) in [5, 5.41) is 4.18. The number of para-hydroxylation sites is 1. The van der Waals surface area contributed by atoms with E-state index >= 15 is 0 Å². The van der Waals surface area contributed by atoms with Gasteiger partial charge >= 0.3 is 6.09 Å². The smallest absolute Gasteiger partial charge is 0.413 e. The Bertz CT molecular complexity index is 978. The molecule has 3 heterocycles. The van der Waals surface area contributed by atoms with Crippen LogP contribution < -0.4 is 5.32 Å². The Morgan fingerprint density at radius 3 is 3.08 bits per heavy atom. The van der Waals surface area contributed by atoms with E-state index in [1.54, 1.807) is 0 Å². The van der Waals surface area contributed by atoms with Crippen LogP contribution >= 0.6 is 11.3 Å². The molecule has 0 unspecified atom stereocenters. The maximum atomic E-state index is 12.8. The van der Waals surface area contributed by atoms with Gasteiger partial charge in [0.25, 0.3) is 0 Å². The highest BCUT2D eigenvalue weighted by Gasteiger charge is 2.25. The Labute approximate surface area is 154 Å². The lowest BCUT2D eigenvalue weighted by Crippen LogP contribution is -2.36. The molecular formula is C18H18N4O3S. The summed E-state index contributed by atoms with van der Waals surface area (Å²) in [5.41, 5.74) is 2.99. The van der Waals surface area contributed by atoms with E-state index in [1.165, 1.54) is 18.4 Å². The molecule has 0 fully saturated rings. The van der Waals surface area contributed by atoms with Crippen molar-refractivity contribution >= 4 is 39.4 Å². The summed E-state index contributed by atoms with van der Waals surface area (Å²) >= 11 is 1.39. The summed E-state index contributed by atoms with van der Waals surface area (Å²) in [6.07, 6.45) is 2.42. The highest BCUT2D eigenvalue weighted by molar-refractivity contribution is 7.15. The number of hydrogen-bond acceptors (Lipinski definition) is 5. The molecule has 4 rings (SSSR count). The maximum Gasteiger partial charge on any atom is 0.413 e. The number of nitrogens with one attached hydrogen (secondary N) is 2. The first-order valence-corrected chi connectivity index (χ1v) is 9.12. The molecule has 2 amide bonds. The fraction of sp³-hybridized carbons (Fsp3) is 0.278. The lowest BCUT2D eigenvalue weighted by Gasteiger charge is -2.26. The fourth-order valence-corrected chi connectivity index (χ4v) is 4.16. The van der Waals surface area contributed by atoms with E-state index in [4.69, 9.17) is 0 Å². The van der Waals surface area contributed by atoms with Gasteiger partial charge in [-0.15, -0.1) is 0 Å². The summed E-state index contributed by atoms with van der Waals surface area (Å²) < 4.78 is 4.59. The van der Waals surface area contributed by atoms with Gasteiger partial charge in [0.2, 0.25) is 5.91 Å². The molecule has 1 aliphatic heterocycles. The number of aromatic amines is 1. The highest BCUT2D eigenvalue weighted by Crippen LogP contribution is 2.29. The second-order valence-electron chi connectivity index (χ2n) is 6.11. The van der Waals surface area contributed by atoms with Gasteiger partial charge in [0, 0.05) is 34.9 Å². The van der Waals surface area contributed by atoms with E-state index in [0.29, 0.717) is 31.1 Å². The van der Waals surface area contributed by atoms with E-state index in [2.05, 4.69) is 20.0 Å². The predicted molar refractivity (Wildman–Crippen MR) is 99.3 cm³/mol. The minimum atomic E-state index is -0.539. The van der Waals surface area contributed by atoms with Crippen LogP contribution in [0, 0.1) is 0 Å². The summed E-state index contributed by atoms with van der Waals surface area (Å²) in [6.45, 7) is 1.16. The predicted octanol–water partition coefficient (Wildman–Crippen LogP) is 2.93. The Morgan fingerprint density at radius 1 is 1.38 bits per heavy atom. The molecule has 0 saturated carbocycles. The molecule has 1 aromatic carbocycles. The van der Waals surface area contributed by atoms with Crippen molar-refractivity contribution in [2.75, 3.05) is 19.0 Å². The van der Waals surface area contributed by atoms with Crippen molar-refractivity contribution in [1.29, 1.82) is 0 Å². The summed E-state index contributed by atoms with van der Waals surface area (Å²) in [7, 11) is 1.31. The van der Waals surface area contributed by atoms with Crippen LogP contribution in [0.5, 0.6) is 0 Å². The van der Waals surface area contributed by atoms with Crippen molar-refractivity contribution in [3.05, 3.63) is 46.6 Å². The van der Waals surface area contributed by atoms with Gasteiger partial charge in [-0.05, 0) is 11.6 Å². The lowest BCUT2D eigenvalue weighted by atomic mass is 10.1. The zero-order valence-corrected chi connectivity index (χ0v) is 15.1. The molecular weight excluding hydrogens is 352 g/mol. The Kier molecular flexibility index (Phi) is 4.34. The highest BCUT2D eigenvalue weighted by atomic mass is 32.1. The number of nitrogens with zero attached hydrogens (tertiary/aromatic N) is 2. The van der Waals surface area contributed by atoms with Gasteiger partial charge < -0.3 is 14.6 Å². The third-order valence-electron chi connectivity index (χ3n) is 4.49. The number of anilines is 1. The zero-order chi connectivity index (χ0) is 18.1. The molecule has 0 aliphatic carbocycles. The minimum Gasteiger partial charge on any atom is -0.453 e. The molecule has 0 atom stereocenters. The summed E-state index contributed by atoms with van der Waals surface area (Å²) in [6, 6.07) is 7.98. The molecule has 26 heavy (non-hydrogen) atoms. The Hall–Kier alpha value is -2.87. The van der Waals surface area contributed by atoms with Crippen molar-refractivity contribution in [3.63, 3.8) is 0 Å². The number of thiazole rings is 1. The number of methoxy groups -OCH3 is 1. The summed E-state index contributed by atoms with van der Waals surface area (Å²) in [5.74, 6) is 0.0938. The SMILES string of the molecule is COC(=O)Nc1nc2c(s1)CN(C(=O)Cc1c[nH]c3ccccc13)CC2. The van der Waals surface area contributed by atoms with E-state index in [1.807, 2.05) is 35.4 Å². The zero-order valence-electron chi connectivity index (χ0n) is 14.2. The average molecular weight is 370 g/mol. The molecule has 0 bridgehead atoms. The monoisotopic (exact) mass is 370 g/mol. The molecule has 0 saturated heterocycles. The third kappa shape index (κ3) is 3.15. The number of carbonyl (C=O) groups is 2. The first-order chi connectivity index (χ1) is 12.6. The van der Waals surface area contributed by atoms with Crippen LogP contribution in [0.4, 0.5) is 9.93 Å². The number of carbonyl (C=O) groups excluding carboxylic acids is 2. The van der Waals surface area contributed by atoms with Crippen LogP contribution in [-0.2, 0) is 28.9 Å². The average Bonchev–Trinajstić information content (AvgIpc) is 3.24. The normalized spacial score (nSPS) is 13.5. The van der Waals surface area contributed by atoms with Gasteiger partial charge in [0.1, 0.15) is 0 Å². The molecule has 134 valence electrons. The number of H-pyrrole nitrogens is 1. The van der Waals surface area contributed by atoms with Crippen molar-refractivity contribution in [3.8, 4) is 0 Å². The maximum absolute atomic E-state index is 12.8. The number of benzene rings is 1. The molecule has 8 heteroatoms.